The molecule has 0 bridgehead atoms. The molecule has 2 aromatic carbocycles. The third-order valence-electron chi connectivity index (χ3n) is 6.41. The van der Waals surface area contributed by atoms with Crippen LogP contribution in [0.1, 0.15) is 51.0 Å². The van der Waals surface area contributed by atoms with E-state index in [1.807, 2.05) is 18.2 Å². The molecule has 7 heteroatoms. The van der Waals surface area contributed by atoms with Crippen molar-refractivity contribution < 1.29 is 14.4 Å². The first-order valence-corrected chi connectivity index (χ1v) is 10.9. The van der Waals surface area contributed by atoms with E-state index in [9.17, 15) is 14.4 Å². The second-order valence-electron chi connectivity index (χ2n) is 8.52. The number of hydrogen-bond donors (Lipinski definition) is 3. The number of amides is 3. The molecule has 3 aliphatic heterocycles. The first kappa shape index (κ1) is 19.9. The molecule has 0 aliphatic carbocycles. The van der Waals surface area contributed by atoms with Crippen LogP contribution in [0.4, 0.5) is 0 Å². The number of carbonyl (C=O) groups is 3. The highest BCUT2D eigenvalue weighted by molar-refractivity contribution is 6.05. The number of nitrogens with one attached hydrogen (secondary N) is 3. The van der Waals surface area contributed by atoms with Gasteiger partial charge in [0.25, 0.3) is 5.91 Å². The van der Waals surface area contributed by atoms with Gasteiger partial charge in [-0.15, -0.1) is 0 Å². The van der Waals surface area contributed by atoms with Crippen LogP contribution in [0.15, 0.2) is 36.4 Å². The molecule has 3 amide bonds. The standard InChI is InChI=1S/C24H26N4O3/c29-22-6-5-21(23(30)27-22)28-14-19-4-2-16(10-20(19)24(28)31)12-26-11-15-1-3-18-13-25-8-7-17(18)9-15/h1-4,9-10,21,25-26H,5-8,11-14H2,(H,27,29,30). The quantitative estimate of drug-likeness (QED) is 0.639. The van der Waals surface area contributed by atoms with Crippen LogP contribution in [0.5, 0.6) is 0 Å². The SMILES string of the molecule is O=C1CCC(N2Cc3ccc(CNCc4ccc5c(c4)CCNC5)cc3C2=O)C(=O)N1. The molecule has 0 spiro atoms. The zero-order chi connectivity index (χ0) is 21.4. The Bertz CT molecular complexity index is 1060. The predicted molar refractivity (Wildman–Crippen MR) is 115 cm³/mol. The highest BCUT2D eigenvalue weighted by Crippen LogP contribution is 2.28. The van der Waals surface area contributed by atoms with Crippen LogP contribution in [-0.4, -0.2) is 35.2 Å². The number of piperidine rings is 1. The van der Waals surface area contributed by atoms with Gasteiger partial charge in [0.15, 0.2) is 0 Å². The van der Waals surface area contributed by atoms with Gasteiger partial charge in [0, 0.05) is 38.2 Å². The van der Waals surface area contributed by atoms with E-state index in [0.717, 1.165) is 37.2 Å². The number of nitrogens with zero attached hydrogens (tertiary/aromatic N) is 1. The zero-order valence-corrected chi connectivity index (χ0v) is 17.4. The summed E-state index contributed by atoms with van der Waals surface area (Å²) in [6.45, 7) is 3.83. The predicted octanol–water partition coefficient (Wildman–Crippen LogP) is 1.38. The van der Waals surface area contributed by atoms with Gasteiger partial charge in [0.05, 0.1) is 0 Å². The van der Waals surface area contributed by atoms with Gasteiger partial charge in [0.2, 0.25) is 11.8 Å². The summed E-state index contributed by atoms with van der Waals surface area (Å²) in [4.78, 5) is 38.1. The second-order valence-corrected chi connectivity index (χ2v) is 8.52. The molecule has 7 nitrogen and oxygen atoms in total. The normalized spacial score (nSPS) is 20.5. The van der Waals surface area contributed by atoms with E-state index < -0.39 is 6.04 Å². The summed E-state index contributed by atoms with van der Waals surface area (Å²) < 4.78 is 0. The van der Waals surface area contributed by atoms with Crippen molar-refractivity contribution in [3.8, 4) is 0 Å². The van der Waals surface area contributed by atoms with Crippen LogP contribution in [-0.2, 0) is 42.2 Å². The van der Waals surface area contributed by atoms with E-state index in [0.29, 0.717) is 25.1 Å². The van der Waals surface area contributed by atoms with Crippen molar-refractivity contribution in [2.45, 2.75) is 51.5 Å². The molecule has 3 N–H and O–H groups in total. The lowest BCUT2D eigenvalue weighted by atomic mass is 9.98. The Morgan fingerprint density at radius 1 is 0.935 bits per heavy atom. The molecule has 0 saturated carbocycles. The molecule has 160 valence electrons. The molecular formula is C24H26N4O3. The fourth-order valence-corrected chi connectivity index (χ4v) is 4.70. The number of rotatable bonds is 5. The molecule has 0 radical (unpaired) electrons. The Morgan fingerprint density at radius 3 is 2.52 bits per heavy atom. The summed E-state index contributed by atoms with van der Waals surface area (Å²) in [6.07, 6.45) is 1.72. The lowest BCUT2D eigenvalue weighted by molar-refractivity contribution is -0.136. The minimum absolute atomic E-state index is 0.130. The van der Waals surface area contributed by atoms with Gasteiger partial charge < -0.3 is 15.5 Å². The molecule has 1 saturated heterocycles. The van der Waals surface area contributed by atoms with Gasteiger partial charge >= 0.3 is 0 Å². The van der Waals surface area contributed by atoms with Gasteiger partial charge in [-0.05, 0) is 53.3 Å². The third-order valence-corrected chi connectivity index (χ3v) is 6.41. The highest BCUT2D eigenvalue weighted by atomic mass is 16.2. The Balaban J connectivity index is 1.22. The summed E-state index contributed by atoms with van der Waals surface area (Å²) in [6, 6.07) is 12.0. The van der Waals surface area contributed by atoms with Gasteiger partial charge in [0.1, 0.15) is 6.04 Å². The summed E-state index contributed by atoms with van der Waals surface area (Å²) in [5.41, 5.74) is 6.70. The Kier molecular flexibility index (Phi) is 5.29. The first-order valence-electron chi connectivity index (χ1n) is 10.9. The number of benzene rings is 2. The van der Waals surface area contributed by atoms with E-state index in [-0.39, 0.29) is 24.1 Å². The number of hydrogen-bond acceptors (Lipinski definition) is 5. The van der Waals surface area contributed by atoms with Crippen molar-refractivity contribution in [2.75, 3.05) is 6.54 Å². The maximum atomic E-state index is 12.9. The average molecular weight is 418 g/mol. The van der Waals surface area contributed by atoms with Gasteiger partial charge in [-0.3, -0.25) is 19.7 Å². The molecule has 0 aromatic heterocycles. The van der Waals surface area contributed by atoms with Crippen LogP contribution in [0.3, 0.4) is 0 Å². The van der Waals surface area contributed by atoms with Crippen LogP contribution in [0.2, 0.25) is 0 Å². The molecular weight excluding hydrogens is 392 g/mol. The van der Waals surface area contributed by atoms with Crippen LogP contribution < -0.4 is 16.0 Å². The van der Waals surface area contributed by atoms with Gasteiger partial charge in [-0.25, -0.2) is 0 Å². The molecule has 31 heavy (non-hydrogen) atoms. The summed E-state index contributed by atoms with van der Waals surface area (Å²) in [7, 11) is 0. The number of fused-ring (bicyclic) bond motifs is 2. The van der Waals surface area contributed by atoms with E-state index in [1.165, 1.54) is 16.7 Å². The van der Waals surface area contributed by atoms with E-state index >= 15 is 0 Å². The maximum absolute atomic E-state index is 12.9. The number of imide groups is 1. The van der Waals surface area contributed by atoms with Crippen molar-refractivity contribution in [3.63, 3.8) is 0 Å². The number of carbonyl (C=O) groups excluding carboxylic acids is 3. The van der Waals surface area contributed by atoms with Gasteiger partial charge in [-0.1, -0.05) is 30.3 Å². The van der Waals surface area contributed by atoms with E-state index in [1.54, 1.807) is 4.90 Å². The lowest BCUT2D eigenvalue weighted by Crippen LogP contribution is -2.52. The van der Waals surface area contributed by atoms with Crippen LogP contribution in [0.25, 0.3) is 0 Å². The minimum atomic E-state index is -0.571. The first-order chi connectivity index (χ1) is 15.1. The van der Waals surface area contributed by atoms with Crippen molar-refractivity contribution in [1.29, 1.82) is 0 Å². The fourth-order valence-electron chi connectivity index (χ4n) is 4.70. The zero-order valence-electron chi connectivity index (χ0n) is 17.4. The Morgan fingerprint density at radius 2 is 1.71 bits per heavy atom. The highest BCUT2D eigenvalue weighted by Gasteiger charge is 2.39. The monoisotopic (exact) mass is 418 g/mol. The average Bonchev–Trinajstić information content (AvgIpc) is 3.09. The largest absolute Gasteiger partial charge is 0.322 e. The van der Waals surface area contributed by atoms with E-state index in [4.69, 9.17) is 0 Å². The fraction of sp³-hybridized carbons (Fsp3) is 0.375. The molecule has 3 heterocycles. The van der Waals surface area contributed by atoms with Gasteiger partial charge in [-0.2, -0.15) is 0 Å². The second kappa shape index (κ2) is 8.24. The summed E-state index contributed by atoms with van der Waals surface area (Å²) in [5, 5.41) is 9.21. The molecule has 1 unspecified atom stereocenters. The third kappa shape index (κ3) is 3.98. The van der Waals surface area contributed by atoms with E-state index in [2.05, 4.69) is 34.1 Å². The lowest BCUT2D eigenvalue weighted by Gasteiger charge is -2.29. The maximum Gasteiger partial charge on any atom is 0.255 e. The Hall–Kier alpha value is -3.03. The van der Waals surface area contributed by atoms with Crippen molar-refractivity contribution in [3.05, 3.63) is 69.8 Å². The van der Waals surface area contributed by atoms with Crippen molar-refractivity contribution in [1.82, 2.24) is 20.9 Å². The van der Waals surface area contributed by atoms with Crippen molar-refractivity contribution in [2.24, 2.45) is 0 Å². The molecule has 1 atom stereocenters. The molecule has 5 rings (SSSR count). The molecule has 1 fully saturated rings. The molecule has 3 aliphatic rings. The smallest absolute Gasteiger partial charge is 0.255 e. The topological polar surface area (TPSA) is 90.5 Å². The van der Waals surface area contributed by atoms with Crippen LogP contribution in [0, 0.1) is 0 Å². The van der Waals surface area contributed by atoms with Crippen molar-refractivity contribution >= 4 is 17.7 Å². The molecule has 2 aromatic rings. The summed E-state index contributed by atoms with van der Waals surface area (Å²) >= 11 is 0. The van der Waals surface area contributed by atoms with Crippen LogP contribution >= 0.6 is 0 Å². The Labute approximate surface area is 181 Å². The minimum Gasteiger partial charge on any atom is -0.322 e. The summed E-state index contributed by atoms with van der Waals surface area (Å²) in [5.74, 6) is -0.774.